The molecule has 8 rings (SSSR count). The maximum atomic E-state index is 13.7. The minimum atomic E-state index is -4.11. The summed E-state index contributed by atoms with van der Waals surface area (Å²) in [6.45, 7) is 13.2. The molecule has 3 fully saturated rings. The van der Waals surface area contributed by atoms with Crippen LogP contribution in [0.5, 0.6) is 5.75 Å². The molecule has 0 radical (unpaired) electrons. The number of halogens is 1. The third-order valence-electron chi connectivity index (χ3n) is 14.0. The molecule has 2 aromatic rings. The normalized spacial score (nSPS) is 35.1. The van der Waals surface area contributed by atoms with Gasteiger partial charge < -0.3 is 14.4 Å². The molecule has 1 amide bonds. The van der Waals surface area contributed by atoms with Crippen LogP contribution in [0.15, 0.2) is 60.7 Å². The van der Waals surface area contributed by atoms with Crippen molar-refractivity contribution in [3.63, 3.8) is 0 Å². The monoisotopic (exact) mass is 826 g/mol. The Morgan fingerprint density at radius 1 is 1.07 bits per heavy atom. The van der Waals surface area contributed by atoms with Crippen molar-refractivity contribution >= 4 is 43.1 Å². The van der Waals surface area contributed by atoms with E-state index in [0.29, 0.717) is 55.7 Å². The summed E-state index contributed by atoms with van der Waals surface area (Å²) in [6.07, 6.45) is 9.12. The van der Waals surface area contributed by atoms with Crippen molar-refractivity contribution in [2.75, 3.05) is 75.9 Å². The van der Waals surface area contributed by atoms with Gasteiger partial charge in [-0.3, -0.25) is 14.6 Å². The molecule has 2 bridgehead atoms. The molecular weight excluding hydrogens is 772 g/mol. The van der Waals surface area contributed by atoms with Gasteiger partial charge in [-0.25, -0.2) is 21.6 Å². The highest BCUT2D eigenvalue weighted by Crippen LogP contribution is 2.56. The number of nitrogens with zero attached hydrogens (tertiary/aromatic N) is 3. The van der Waals surface area contributed by atoms with E-state index >= 15 is 0 Å². The number of hydrogen-bond donors (Lipinski definition) is 1. The summed E-state index contributed by atoms with van der Waals surface area (Å²) in [7, 11) is -5.45. The smallest absolute Gasteiger partial charge is 0.264 e. The van der Waals surface area contributed by atoms with Gasteiger partial charge in [-0.2, -0.15) is 0 Å². The Kier molecular flexibility index (Phi) is 10.5. The second-order valence-electron chi connectivity index (χ2n) is 17.6. The summed E-state index contributed by atoms with van der Waals surface area (Å²) in [4.78, 5) is 20.8. The number of piperazine rings is 1. The first-order chi connectivity index (χ1) is 26.5. The van der Waals surface area contributed by atoms with Gasteiger partial charge in [-0.1, -0.05) is 48.9 Å². The molecular formula is C42H55ClN4O7S2. The topological polar surface area (TPSA) is 126 Å². The van der Waals surface area contributed by atoms with Crippen molar-refractivity contribution < 1.29 is 31.1 Å². The number of fused-ring (bicyclic) bond motifs is 5. The van der Waals surface area contributed by atoms with Crippen LogP contribution >= 0.6 is 11.6 Å². The Labute approximate surface area is 337 Å². The molecule has 2 saturated heterocycles. The molecule has 1 saturated carbocycles. The molecule has 1 spiro atoms. The Morgan fingerprint density at radius 3 is 2.66 bits per heavy atom. The van der Waals surface area contributed by atoms with Crippen LogP contribution in [0.25, 0.3) is 0 Å². The first kappa shape index (κ1) is 39.9. The number of methoxy groups -OCH3 is 1. The molecule has 2 aliphatic carbocycles. The number of aryl methyl sites for hydroxylation is 1. The van der Waals surface area contributed by atoms with Gasteiger partial charge in [0.2, 0.25) is 10.0 Å². The number of allylic oxidation sites excluding steroid dienone is 1. The van der Waals surface area contributed by atoms with Crippen LogP contribution in [-0.2, 0) is 36.4 Å². The highest BCUT2D eigenvalue weighted by molar-refractivity contribution is 7.91. The molecule has 1 unspecified atom stereocenters. The maximum Gasteiger partial charge on any atom is 0.264 e. The van der Waals surface area contributed by atoms with Gasteiger partial charge in [0.1, 0.15) is 11.4 Å². The number of hydrogen-bond acceptors (Lipinski definition) is 10. The van der Waals surface area contributed by atoms with E-state index in [1.165, 1.54) is 11.1 Å². The summed E-state index contributed by atoms with van der Waals surface area (Å²) in [5.74, 6) is 0.410. The Hall–Kier alpha value is -2.94. The number of carbonyl (C=O) groups is 1. The van der Waals surface area contributed by atoms with E-state index in [1.807, 2.05) is 12.1 Å². The van der Waals surface area contributed by atoms with E-state index in [4.69, 9.17) is 21.1 Å². The minimum Gasteiger partial charge on any atom is -0.490 e. The molecule has 1 N–H and O–H groups in total. The summed E-state index contributed by atoms with van der Waals surface area (Å²) < 4.78 is 68.4. The van der Waals surface area contributed by atoms with Crippen molar-refractivity contribution in [2.45, 2.75) is 74.7 Å². The molecule has 4 aliphatic heterocycles. The molecule has 4 heterocycles. The van der Waals surface area contributed by atoms with Crippen LogP contribution in [0.4, 0.5) is 5.69 Å². The Bertz CT molecular complexity index is 2160. The molecule has 304 valence electrons. The SMILES string of the molecule is C=C1C/C=C/[C@@](CN2CCN3CCS(=O)(=O)C[C@@H]3C2)(OC)[C@@H]2CCC2(C)CN2C[C@@]3(CCCc4cc(Cl)ccc43)COc3ccc(cc32)C(=O)NS(=O)(=O)[C@@H]1C. The fourth-order valence-electron chi connectivity index (χ4n) is 10.6. The zero-order chi connectivity index (χ0) is 39.7. The first-order valence-corrected chi connectivity index (χ1v) is 23.7. The lowest BCUT2D eigenvalue weighted by Gasteiger charge is -2.58. The zero-order valence-corrected chi connectivity index (χ0v) is 35.2. The highest BCUT2D eigenvalue weighted by Gasteiger charge is 2.56. The van der Waals surface area contributed by atoms with Crippen molar-refractivity contribution in [1.82, 2.24) is 14.5 Å². The van der Waals surface area contributed by atoms with Gasteiger partial charge in [0.25, 0.3) is 5.91 Å². The Morgan fingerprint density at radius 2 is 1.89 bits per heavy atom. The fraction of sp³-hybridized carbons (Fsp3) is 0.595. The molecule has 14 heteroatoms. The predicted octanol–water partition coefficient (Wildman–Crippen LogP) is 4.99. The van der Waals surface area contributed by atoms with E-state index < -0.39 is 36.6 Å². The van der Waals surface area contributed by atoms with Crippen molar-refractivity contribution in [2.24, 2.45) is 11.3 Å². The zero-order valence-electron chi connectivity index (χ0n) is 32.8. The second kappa shape index (κ2) is 14.7. The average Bonchev–Trinajstić information content (AvgIpc) is 3.29. The van der Waals surface area contributed by atoms with Crippen LogP contribution in [-0.4, -0.2) is 120 Å². The lowest BCUT2D eigenvalue weighted by Crippen LogP contribution is -2.65. The Balaban J connectivity index is 1.21. The van der Waals surface area contributed by atoms with Crippen LogP contribution in [0.2, 0.25) is 5.02 Å². The van der Waals surface area contributed by atoms with Crippen LogP contribution in [0, 0.1) is 11.3 Å². The first-order valence-electron chi connectivity index (χ1n) is 20.0. The van der Waals surface area contributed by atoms with E-state index in [-0.39, 0.29) is 46.3 Å². The average molecular weight is 828 g/mol. The lowest BCUT2D eigenvalue weighted by molar-refractivity contribution is -0.131. The van der Waals surface area contributed by atoms with E-state index in [1.54, 1.807) is 32.2 Å². The highest BCUT2D eigenvalue weighted by atomic mass is 35.5. The van der Waals surface area contributed by atoms with Crippen molar-refractivity contribution in [3.05, 3.63) is 82.4 Å². The number of nitrogens with one attached hydrogen (secondary N) is 1. The summed E-state index contributed by atoms with van der Waals surface area (Å²) in [6, 6.07) is 11.4. The summed E-state index contributed by atoms with van der Waals surface area (Å²) >= 11 is 6.51. The standard InChI is InChI=1S/C42H55ClN4O7S2/c1-29-7-5-15-42(53-4,27-45-17-18-46-19-20-55(49,50)24-34(46)23-45)38-13-16-40(38,3)25-47-26-41(14-6-8-31-21-33(43)10-11-35(31)41)28-54-37-12-9-32(22-36(37)47)39(48)44-56(51,52)30(29)2/h5,9-12,15,21-22,30,34,38H,1,6-8,13-14,16-20,23-28H2,2-4H3,(H,44,48)/b15-5+/t30-,34+,38-,40?,41+,42+/m1/s1. The summed E-state index contributed by atoms with van der Waals surface area (Å²) in [5.41, 5.74) is 2.59. The molecule has 6 atom stereocenters. The third-order valence-corrected chi connectivity index (χ3v) is 17.7. The summed E-state index contributed by atoms with van der Waals surface area (Å²) in [5, 5.41) is -0.316. The van der Waals surface area contributed by atoms with E-state index in [2.05, 4.69) is 51.1 Å². The van der Waals surface area contributed by atoms with Gasteiger partial charge in [0.05, 0.1) is 29.0 Å². The number of sulfone groups is 1. The lowest BCUT2D eigenvalue weighted by atomic mass is 9.54. The van der Waals surface area contributed by atoms with Crippen molar-refractivity contribution in [3.8, 4) is 5.75 Å². The van der Waals surface area contributed by atoms with Crippen LogP contribution in [0.1, 0.15) is 67.4 Å². The number of amides is 1. The van der Waals surface area contributed by atoms with Crippen molar-refractivity contribution in [1.29, 1.82) is 0 Å². The molecule has 2 aromatic carbocycles. The largest absolute Gasteiger partial charge is 0.490 e. The number of rotatable bonds is 3. The van der Waals surface area contributed by atoms with Crippen LogP contribution < -0.4 is 14.4 Å². The van der Waals surface area contributed by atoms with Gasteiger partial charge in [-0.05, 0) is 98.2 Å². The van der Waals surface area contributed by atoms with Gasteiger partial charge in [0, 0.05) is 75.0 Å². The van der Waals surface area contributed by atoms with Gasteiger partial charge in [0.15, 0.2) is 9.84 Å². The van der Waals surface area contributed by atoms with Gasteiger partial charge in [-0.15, -0.1) is 0 Å². The number of carbonyl (C=O) groups excluding carboxylic acids is 1. The van der Waals surface area contributed by atoms with Crippen LogP contribution in [0.3, 0.4) is 0 Å². The number of anilines is 1. The molecule has 6 aliphatic rings. The minimum absolute atomic E-state index is 0.0624. The molecule has 56 heavy (non-hydrogen) atoms. The van der Waals surface area contributed by atoms with E-state index in [9.17, 15) is 21.6 Å². The number of ether oxygens (including phenoxy) is 2. The molecule has 11 nitrogen and oxygen atoms in total. The maximum absolute atomic E-state index is 13.7. The third kappa shape index (κ3) is 7.34. The quantitative estimate of drug-likeness (QED) is 0.424. The predicted molar refractivity (Wildman–Crippen MR) is 220 cm³/mol. The number of benzene rings is 2. The van der Waals surface area contributed by atoms with E-state index in [0.717, 1.165) is 50.9 Å². The number of sulfonamides is 1. The second-order valence-corrected chi connectivity index (χ2v) is 22.3. The fourth-order valence-corrected chi connectivity index (χ4v) is 13.5. The van der Waals surface area contributed by atoms with Gasteiger partial charge >= 0.3 is 0 Å². The molecule has 0 aromatic heterocycles.